The van der Waals surface area contributed by atoms with Crippen molar-refractivity contribution in [3.05, 3.63) is 65.4 Å². The molecule has 3 rings (SSSR count). The van der Waals surface area contributed by atoms with Crippen molar-refractivity contribution in [2.24, 2.45) is 0 Å². The van der Waals surface area contributed by atoms with Gasteiger partial charge in [0.15, 0.2) is 0 Å². The van der Waals surface area contributed by atoms with E-state index in [1.165, 1.54) is 0 Å². The Kier molecular flexibility index (Phi) is 7.65. The van der Waals surface area contributed by atoms with E-state index < -0.39 is 5.97 Å². The molecule has 0 spiro atoms. The quantitative estimate of drug-likeness (QED) is 0.447. The number of benzene rings is 1. The van der Waals surface area contributed by atoms with Gasteiger partial charge in [-0.05, 0) is 30.5 Å². The van der Waals surface area contributed by atoms with Crippen LogP contribution in [0.5, 0.6) is 0 Å². The van der Waals surface area contributed by atoms with Crippen molar-refractivity contribution in [3.63, 3.8) is 0 Å². The smallest absolute Gasteiger partial charge is 0.337 e. The van der Waals surface area contributed by atoms with Gasteiger partial charge in [0, 0.05) is 31.1 Å². The van der Waals surface area contributed by atoms with Gasteiger partial charge in [0.1, 0.15) is 5.82 Å². The standard InChI is InChI=1S/C24H28N4O3/c1-3-5-9-20(29)23-26-21(28(27-23)15-6-4-2)16-17-10-12-18(13-11-17)22-19(24(30)31)8-7-14-25-22/h7-8,10-14H,3-6,9,15-16H2,1-2H3,(H,30,31). The first-order valence-electron chi connectivity index (χ1n) is 10.8. The van der Waals surface area contributed by atoms with Crippen LogP contribution in [-0.2, 0) is 13.0 Å². The molecule has 0 saturated carbocycles. The summed E-state index contributed by atoms with van der Waals surface area (Å²) >= 11 is 0. The van der Waals surface area contributed by atoms with Crippen molar-refractivity contribution >= 4 is 11.8 Å². The molecule has 0 aliphatic heterocycles. The zero-order chi connectivity index (χ0) is 22.2. The molecule has 7 nitrogen and oxygen atoms in total. The minimum absolute atomic E-state index is 0.00921. The molecule has 0 aliphatic carbocycles. The first-order valence-corrected chi connectivity index (χ1v) is 10.8. The predicted octanol–water partition coefficient (Wildman–Crippen LogP) is 4.80. The van der Waals surface area contributed by atoms with E-state index in [0.717, 1.165) is 49.2 Å². The highest BCUT2D eigenvalue weighted by atomic mass is 16.4. The number of ketones is 1. The predicted molar refractivity (Wildman–Crippen MR) is 118 cm³/mol. The van der Waals surface area contributed by atoms with Gasteiger partial charge in [-0.2, -0.15) is 0 Å². The number of aryl methyl sites for hydroxylation is 1. The summed E-state index contributed by atoms with van der Waals surface area (Å²) in [7, 11) is 0. The van der Waals surface area contributed by atoms with E-state index in [1.54, 1.807) is 18.3 Å². The van der Waals surface area contributed by atoms with Crippen molar-refractivity contribution in [2.45, 2.75) is 58.9 Å². The molecule has 162 valence electrons. The Labute approximate surface area is 182 Å². The lowest BCUT2D eigenvalue weighted by Gasteiger charge is -2.07. The second kappa shape index (κ2) is 10.6. The Morgan fingerprint density at radius 2 is 1.77 bits per heavy atom. The molecule has 0 atom stereocenters. The third-order valence-corrected chi connectivity index (χ3v) is 5.11. The Morgan fingerprint density at radius 1 is 1.03 bits per heavy atom. The minimum Gasteiger partial charge on any atom is -0.478 e. The molecule has 1 aromatic carbocycles. The number of aromatic nitrogens is 4. The largest absolute Gasteiger partial charge is 0.478 e. The van der Waals surface area contributed by atoms with E-state index >= 15 is 0 Å². The second-order valence-corrected chi connectivity index (χ2v) is 7.53. The molecule has 3 aromatic rings. The summed E-state index contributed by atoms with van der Waals surface area (Å²) in [6, 6.07) is 10.8. The number of unbranched alkanes of at least 4 members (excludes halogenated alkanes) is 2. The zero-order valence-corrected chi connectivity index (χ0v) is 18.0. The Bertz CT molecular complexity index is 1040. The molecular weight excluding hydrogens is 392 g/mol. The number of carboxylic acid groups (broad SMARTS) is 1. The number of hydrogen-bond acceptors (Lipinski definition) is 5. The van der Waals surface area contributed by atoms with Crippen LogP contribution in [-0.4, -0.2) is 36.6 Å². The fourth-order valence-electron chi connectivity index (χ4n) is 3.33. The van der Waals surface area contributed by atoms with Crippen LogP contribution in [0.4, 0.5) is 0 Å². The van der Waals surface area contributed by atoms with Crippen LogP contribution in [0.25, 0.3) is 11.3 Å². The lowest BCUT2D eigenvalue weighted by Crippen LogP contribution is -2.07. The highest BCUT2D eigenvalue weighted by Crippen LogP contribution is 2.22. The number of Topliss-reactive ketones (excluding diaryl/α,β-unsaturated/α-hetero) is 1. The number of rotatable bonds is 11. The molecule has 0 bridgehead atoms. The SMILES string of the molecule is CCCCC(=O)c1nc(Cc2ccc(-c3ncccc3C(=O)O)cc2)n(CCCC)n1. The van der Waals surface area contributed by atoms with Gasteiger partial charge in [-0.1, -0.05) is 51.0 Å². The maximum atomic E-state index is 12.4. The molecule has 0 unspecified atom stereocenters. The molecule has 31 heavy (non-hydrogen) atoms. The summed E-state index contributed by atoms with van der Waals surface area (Å²) < 4.78 is 1.85. The molecular formula is C24H28N4O3. The van der Waals surface area contributed by atoms with Crippen molar-refractivity contribution in [1.82, 2.24) is 19.7 Å². The Balaban J connectivity index is 1.82. The summed E-state index contributed by atoms with van der Waals surface area (Å²) in [6.07, 6.45) is 6.40. The first kappa shape index (κ1) is 22.3. The number of hydrogen-bond donors (Lipinski definition) is 1. The third kappa shape index (κ3) is 5.63. The van der Waals surface area contributed by atoms with Crippen LogP contribution in [0, 0.1) is 0 Å². The molecule has 0 amide bonds. The maximum Gasteiger partial charge on any atom is 0.337 e. The van der Waals surface area contributed by atoms with E-state index in [-0.39, 0.29) is 11.3 Å². The summed E-state index contributed by atoms with van der Waals surface area (Å²) in [6.45, 7) is 4.90. The first-order chi connectivity index (χ1) is 15.0. The van der Waals surface area contributed by atoms with Gasteiger partial charge < -0.3 is 5.11 Å². The number of pyridine rings is 1. The van der Waals surface area contributed by atoms with Crippen molar-refractivity contribution in [3.8, 4) is 11.3 Å². The van der Waals surface area contributed by atoms with E-state index in [2.05, 4.69) is 28.9 Å². The fourth-order valence-corrected chi connectivity index (χ4v) is 3.33. The molecule has 2 aromatic heterocycles. The lowest BCUT2D eigenvalue weighted by atomic mass is 10.0. The number of carbonyl (C=O) groups is 2. The molecule has 2 heterocycles. The summed E-state index contributed by atoms with van der Waals surface area (Å²) in [4.78, 5) is 32.6. The molecule has 0 radical (unpaired) electrons. The summed E-state index contributed by atoms with van der Waals surface area (Å²) in [5.41, 5.74) is 2.36. The van der Waals surface area contributed by atoms with Gasteiger partial charge in [-0.15, -0.1) is 5.10 Å². The van der Waals surface area contributed by atoms with Gasteiger partial charge in [-0.3, -0.25) is 9.78 Å². The van der Waals surface area contributed by atoms with Gasteiger partial charge in [-0.25, -0.2) is 14.5 Å². The van der Waals surface area contributed by atoms with Crippen molar-refractivity contribution in [2.75, 3.05) is 0 Å². The normalized spacial score (nSPS) is 10.9. The molecule has 1 N–H and O–H groups in total. The van der Waals surface area contributed by atoms with E-state index in [4.69, 9.17) is 0 Å². The van der Waals surface area contributed by atoms with E-state index in [9.17, 15) is 14.7 Å². The fraction of sp³-hybridized carbons (Fsp3) is 0.375. The monoisotopic (exact) mass is 420 g/mol. The third-order valence-electron chi connectivity index (χ3n) is 5.11. The number of nitrogens with zero attached hydrogens (tertiary/aromatic N) is 4. The maximum absolute atomic E-state index is 12.4. The van der Waals surface area contributed by atoms with Gasteiger partial charge >= 0.3 is 5.97 Å². The Morgan fingerprint density at radius 3 is 2.45 bits per heavy atom. The van der Waals surface area contributed by atoms with Crippen LogP contribution in [0.2, 0.25) is 0 Å². The van der Waals surface area contributed by atoms with Crippen LogP contribution in [0.1, 0.15) is 78.3 Å². The van der Waals surface area contributed by atoms with Crippen LogP contribution in [0.15, 0.2) is 42.6 Å². The topological polar surface area (TPSA) is 98.0 Å². The highest BCUT2D eigenvalue weighted by molar-refractivity contribution is 5.94. The summed E-state index contributed by atoms with van der Waals surface area (Å²) in [5.74, 6) is 0.0578. The van der Waals surface area contributed by atoms with E-state index in [1.807, 2.05) is 28.9 Å². The van der Waals surface area contributed by atoms with Crippen molar-refractivity contribution < 1.29 is 14.7 Å². The highest BCUT2D eigenvalue weighted by Gasteiger charge is 2.17. The molecule has 0 fully saturated rings. The number of carbonyl (C=O) groups excluding carboxylic acids is 1. The lowest BCUT2D eigenvalue weighted by molar-refractivity contribution is 0.0697. The average Bonchev–Trinajstić information content (AvgIpc) is 3.19. The van der Waals surface area contributed by atoms with Gasteiger partial charge in [0.25, 0.3) is 0 Å². The number of carboxylic acids is 1. The van der Waals surface area contributed by atoms with E-state index in [0.29, 0.717) is 24.4 Å². The van der Waals surface area contributed by atoms with Crippen LogP contribution < -0.4 is 0 Å². The van der Waals surface area contributed by atoms with Gasteiger partial charge in [0.05, 0.1) is 11.3 Å². The van der Waals surface area contributed by atoms with Crippen LogP contribution in [0.3, 0.4) is 0 Å². The van der Waals surface area contributed by atoms with Crippen molar-refractivity contribution in [1.29, 1.82) is 0 Å². The zero-order valence-electron chi connectivity index (χ0n) is 18.0. The molecule has 0 saturated heterocycles. The van der Waals surface area contributed by atoms with Crippen LogP contribution >= 0.6 is 0 Å². The van der Waals surface area contributed by atoms with Gasteiger partial charge in [0.2, 0.25) is 11.6 Å². The Hall–Kier alpha value is -3.35. The summed E-state index contributed by atoms with van der Waals surface area (Å²) in [5, 5.41) is 13.9. The molecule has 0 aliphatic rings. The minimum atomic E-state index is -1.00. The molecule has 7 heteroatoms. The second-order valence-electron chi connectivity index (χ2n) is 7.53. The number of aromatic carboxylic acids is 1. The average molecular weight is 421 g/mol.